The van der Waals surface area contributed by atoms with Crippen LogP contribution < -0.4 is 10.1 Å². The molecule has 0 atom stereocenters. The number of ether oxygens (including phenoxy) is 1. The lowest BCUT2D eigenvalue weighted by atomic mass is 9.98. The predicted octanol–water partition coefficient (Wildman–Crippen LogP) is 2.82. The summed E-state index contributed by atoms with van der Waals surface area (Å²) in [6, 6.07) is 10.5. The van der Waals surface area contributed by atoms with Crippen molar-refractivity contribution >= 4 is 33.2 Å². The highest BCUT2D eigenvalue weighted by Gasteiger charge is 2.25. The SMILES string of the molecule is COc1cc2c(c(Br)c1O)C(c1cccc(C#N)c1)=NCC(=O)N2. The van der Waals surface area contributed by atoms with Crippen molar-refractivity contribution in [2.75, 3.05) is 19.0 Å². The van der Waals surface area contributed by atoms with Crippen LogP contribution in [0.1, 0.15) is 16.7 Å². The van der Waals surface area contributed by atoms with E-state index in [1.165, 1.54) is 7.11 Å². The van der Waals surface area contributed by atoms with Crippen molar-refractivity contribution in [1.29, 1.82) is 5.26 Å². The van der Waals surface area contributed by atoms with Crippen molar-refractivity contribution in [3.63, 3.8) is 0 Å². The van der Waals surface area contributed by atoms with Crippen molar-refractivity contribution in [2.45, 2.75) is 0 Å². The molecule has 7 heteroatoms. The zero-order valence-electron chi connectivity index (χ0n) is 12.6. The van der Waals surface area contributed by atoms with Gasteiger partial charge in [0.2, 0.25) is 5.91 Å². The molecule has 2 aromatic rings. The number of carbonyl (C=O) groups is 1. The third-order valence-electron chi connectivity index (χ3n) is 3.58. The summed E-state index contributed by atoms with van der Waals surface area (Å²) in [6.07, 6.45) is 0. The van der Waals surface area contributed by atoms with Gasteiger partial charge in [0.25, 0.3) is 0 Å². The van der Waals surface area contributed by atoms with Gasteiger partial charge >= 0.3 is 0 Å². The molecule has 6 nitrogen and oxygen atoms in total. The molecule has 0 spiro atoms. The van der Waals surface area contributed by atoms with E-state index in [0.717, 1.165) is 0 Å². The standard InChI is InChI=1S/C17H12BrN3O3/c1-24-12-6-11-14(15(18)17(12)23)16(20-8-13(22)21-11)10-4-2-3-9(5-10)7-19/h2-6,23H,8H2,1H3,(H,21,22). The number of benzene rings is 2. The molecule has 1 amide bonds. The van der Waals surface area contributed by atoms with Gasteiger partial charge in [-0.2, -0.15) is 5.26 Å². The second-order valence-electron chi connectivity index (χ2n) is 5.07. The Morgan fingerprint density at radius 2 is 2.21 bits per heavy atom. The van der Waals surface area contributed by atoms with Crippen molar-refractivity contribution in [1.82, 2.24) is 0 Å². The van der Waals surface area contributed by atoms with E-state index in [9.17, 15) is 9.90 Å². The number of hydrogen-bond acceptors (Lipinski definition) is 5. The number of methoxy groups -OCH3 is 1. The van der Waals surface area contributed by atoms with Crippen LogP contribution in [0.15, 0.2) is 39.8 Å². The third kappa shape index (κ3) is 2.72. The molecule has 0 radical (unpaired) electrons. The predicted molar refractivity (Wildman–Crippen MR) is 92.7 cm³/mol. The maximum atomic E-state index is 12.0. The Bertz CT molecular complexity index is 916. The highest BCUT2D eigenvalue weighted by molar-refractivity contribution is 9.10. The lowest BCUT2D eigenvalue weighted by molar-refractivity contribution is -0.114. The molecule has 1 aliphatic rings. The number of phenolic OH excluding ortho intramolecular Hbond substituents is 1. The molecule has 0 saturated heterocycles. The molecule has 3 rings (SSSR count). The van der Waals surface area contributed by atoms with E-state index < -0.39 is 0 Å². The summed E-state index contributed by atoms with van der Waals surface area (Å²) >= 11 is 3.36. The van der Waals surface area contributed by atoms with Gasteiger partial charge < -0.3 is 15.2 Å². The molecule has 0 aliphatic carbocycles. The second-order valence-corrected chi connectivity index (χ2v) is 5.86. The van der Waals surface area contributed by atoms with Gasteiger partial charge in [0.15, 0.2) is 11.5 Å². The van der Waals surface area contributed by atoms with Crippen molar-refractivity contribution in [3.8, 4) is 17.6 Å². The van der Waals surface area contributed by atoms with E-state index >= 15 is 0 Å². The molecule has 0 saturated carbocycles. The number of phenols is 1. The van der Waals surface area contributed by atoms with Gasteiger partial charge in [-0.15, -0.1) is 0 Å². The zero-order valence-corrected chi connectivity index (χ0v) is 14.2. The Labute approximate surface area is 146 Å². The zero-order chi connectivity index (χ0) is 17.3. The number of halogens is 1. The van der Waals surface area contributed by atoms with Crippen LogP contribution in [0.2, 0.25) is 0 Å². The summed E-state index contributed by atoms with van der Waals surface area (Å²) in [5.74, 6) is -0.133. The first-order chi connectivity index (χ1) is 11.5. The summed E-state index contributed by atoms with van der Waals surface area (Å²) < 4.78 is 5.49. The Morgan fingerprint density at radius 3 is 2.92 bits per heavy atom. The van der Waals surface area contributed by atoms with E-state index in [1.807, 2.05) is 0 Å². The maximum absolute atomic E-state index is 12.0. The number of carbonyl (C=O) groups excluding carboxylic acids is 1. The third-order valence-corrected chi connectivity index (χ3v) is 4.35. The smallest absolute Gasteiger partial charge is 0.246 e. The van der Waals surface area contributed by atoms with Crippen LogP contribution in [0.3, 0.4) is 0 Å². The van der Waals surface area contributed by atoms with Crippen LogP contribution in [0.25, 0.3) is 0 Å². The number of nitrogens with one attached hydrogen (secondary N) is 1. The number of amides is 1. The molecule has 0 fully saturated rings. The summed E-state index contributed by atoms with van der Waals surface area (Å²) in [4.78, 5) is 16.3. The van der Waals surface area contributed by atoms with E-state index in [4.69, 9.17) is 10.00 Å². The van der Waals surface area contributed by atoms with Crippen LogP contribution >= 0.6 is 15.9 Å². The van der Waals surface area contributed by atoms with Crippen LogP contribution in [0.5, 0.6) is 11.5 Å². The molecule has 0 bridgehead atoms. The summed E-state index contributed by atoms with van der Waals surface area (Å²) in [5.41, 5.74) is 2.67. The molecular weight excluding hydrogens is 374 g/mol. The van der Waals surface area contributed by atoms with E-state index in [-0.39, 0.29) is 24.0 Å². The number of benzodiazepines with no additional fused rings is 1. The molecule has 2 N–H and O–H groups in total. The molecule has 120 valence electrons. The normalized spacial score (nSPS) is 13.2. The van der Waals surface area contributed by atoms with Crippen molar-refractivity contribution in [3.05, 3.63) is 51.5 Å². The average molecular weight is 386 g/mol. The first kappa shape index (κ1) is 16.0. The van der Waals surface area contributed by atoms with E-state index in [0.29, 0.717) is 32.6 Å². The molecule has 0 aromatic heterocycles. The van der Waals surface area contributed by atoms with Crippen molar-refractivity contribution < 1.29 is 14.6 Å². The fourth-order valence-corrected chi connectivity index (χ4v) is 3.09. The minimum absolute atomic E-state index is 0.0592. The minimum Gasteiger partial charge on any atom is -0.503 e. The minimum atomic E-state index is -0.276. The first-order valence-corrected chi connectivity index (χ1v) is 7.79. The monoisotopic (exact) mass is 385 g/mol. The number of fused-ring (bicyclic) bond motifs is 1. The number of nitrogens with zero attached hydrogens (tertiary/aromatic N) is 2. The highest BCUT2D eigenvalue weighted by Crippen LogP contribution is 2.42. The van der Waals surface area contributed by atoms with Gasteiger partial charge in [-0.3, -0.25) is 9.79 Å². The van der Waals surface area contributed by atoms with Gasteiger partial charge in [-0.05, 0) is 28.1 Å². The van der Waals surface area contributed by atoms with E-state index in [2.05, 4.69) is 32.3 Å². The van der Waals surface area contributed by atoms with Crippen molar-refractivity contribution in [2.24, 2.45) is 4.99 Å². The van der Waals surface area contributed by atoms with Crippen LogP contribution in [-0.4, -0.2) is 30.4 Å². The molecule has 2 aromatic carbocycles. The Morgan fingerprint density at radius 1 is 1.42 bits per heavy atom. The van der Waals surface area contributed by atoms with E-state index in [1.54, 1.807) is 30.3 Å². The largest absolute Gasteiger partial charge is 0.503 e. The van der Waals surface area contributed by atoms with Gasteiger partial charge in [0.1, 0.15) is 6.54 Å². The van der Waals surface area contributed by atoms with Crippen LogP contribution in [0, 0.1) is 11.3 Å². The van der Waals surface area contributed by atoms with Crippen LogP contribution in [0.4, 0.5) is 5.69 Å². The molecule has 1 heterocycles. The average Bonchev–Trinajstić information content (AvgIpc) is 2.76. The number of aliphatic imine (C=N–C) groups is 1. The Balaban J connectivity index is 2.28. The highest BCUT2D eigenvalue weighted by atomic mass is 79.9. The molecule has 1 aliphatic heterocycles. The Kier molecular flexibility index (Phi) is 4.23. The lowest BCUT2D eigenvalue weighted by Crippen LogP contribution is -2.13. The summed E-state index contributed by atoms with van der Waals surface area (Å²) in [6.45, 7) is -0.0592. The molecule has 24 heavy (non-hydrogen) atoms. The first-order valence-electron chi connectivity index (χ1n) is 6.99. The number of anilines is 1. The fraction of sp³-hybridized carbons (Fsp3) is 0.118. The quantitative estimate of drug-likeness (QED) is 0.776. The molecular formula is C17H12BrN3O3. The maximum Gasteiger partial charge on any atom is 0.246 e. The van der Waals surface area contributed by atoms with Gasteiger partial charge in [-0.1, -0.05) is 12.1 Å². The van der Waals surface area contributed by atoms with Gasteiger partial charge in [0.05, 0.1) is 34.6 Å². The number of rotatable bonds is 2. The fourth-order valence-electron chi connectivity index (χ4n) is 2.49. The number of hydrogen-bond donors (Lipinski definition) is 2. The number of nitriles is 1. The van der Waals surface area contributed by atoms with Gasteiger partial charge in [0, 0.05) is 17.2 Å². The van der Waals surface area contributed by atoms with Gasteiger partial charge in [-0.25, -0.2) is 0 Å². The van der Waals surface area contributed by atoms with Crippen LogP contribution in [-0.2, 0) is 4.79 Å². The Hall–Kier alpha value is -2.85. The summed E-state index contributed by atoms with van der Waals surface area (Å²) in [7, 11) is 1.43. The summed E-state index contributed by atoms with van der Waals surface area (Å²) in [5, 5.41) is 22.1. The number of aromatic hydroxyl groups is 1. The second kappa shape index (κ2) is 6.34. The lowest BCUT2D eigenvalue weighted by Gasteiger charge is -2.16. The topological polar surface area (TPSA) is 94.7 Å². The molecule has 0 unspecified atom stereocenters.